The molecule has 0 spiro atoms. The summed E-state index contributed by atoms with van der Waals surface area (Å²) >= 11 is 0. The Morgan fingerprint density at radius 2 is 1.75 bits per heavy atom. The Kier molecular flexibility index (Phi) is 7.52. The molecule has 1 aliphatic rings. The molecule has 4 heteroatoms. The zero-order chi connectivity index (χ0) is 15.1. The van der Waals surface area contributed by atoms with Crippen molar-refractivity contribution in [1.82, 2.24) is 0 Å². The SMILES string of the molecule is CCCCC1CCC(CO)(CCS(=O)(=O)CCC)CC1. The van der Waals surface area contributed by atoms with Gasteiger partial charge in [0.1, 0.15) is 9.84 Å². The summed E-state index contributed by atoms with van der Waals surface area (Å²) in [5.41, 5.74) is -0.122. The van der Waals surface area contributed by atoms with Crippen LogP contribution in [-0.2, 0) is 9.84 Å². The van der Waals surface area contributed by atoms with E-state index in [1.807, 2.05) is 6.92 Å². The van der Waals surface area contributed by atoms with Gasteiger partial charge in [-0.1, -0.05) is 33.1 Å². The van der Waals surface area contributed by atoms with Crippen molar-refractivity contribution in [1.29, 1.82) is 0 Å². The molecule has 0 aromatic rings. The highest BCUT2D eigenvalue weighted by atomic mass is 32.2. The Hall–Kier alpha value is -0.0900. The fourth-order valence-corrected chi connectivity index (χ4v) is 4.91. The third kappa shape index (κ3) is 5.72. The van der Waals surface area contributed by atoms with Crippen LogP contribution in [0.2, 0.25) is 0 Å². The van der Waals surface area contributed by atoms with Crippen molar-refractivity contribution in [2.24, 2.45) is 11.3 Å². The molecular weight excluding hydrogens is 272 g/mol. The van der Waals surface area contributed by atoms with Crippen molar-refractivity contribution in [2.45, 2.75) is 71.6 Å². The van der Waals surface area contributed by atoms with Gasteiger partial charge >= 0.3 is 0 Å². The first-order valence-corrected chi connectivity index (χ1v) is 10.1. The van der Waals surface area contributed by atoms with E-state index in [-0.39, 0.29) is 23.5 Å². The maximum atomic E-state index is 11.9. The predicted molar refractivity (Wildman–Crippen MR) is 84.6 cm³/mol. The first kappa shape index (κ1) is 18.0. The zero-order valence-corrected chi connectivity index (χ0v) is 14.1. The number of aliphatic hydroxyl groups is 1. The van der Waals surface area contributed by atoms with Gasteiger partial charge in [-0.2, -0.15) is 0 Å². The van der Waals surface area contributed by atoms with Gasteiger partial charge in [-0.25, -0.2) is 8.42 Å². The Balaban J connectivity index is 2.46. The average Bonchev–Trinajstić information content (AvgIpc) is 2.44. The van der Waals surface area contributed by atoms with Crippen molar-refractivity contribution in [2.75, 3.05) is 18.1 Å². The lowest BCUT2D eigenvalue weighted by Crippen LogP contribution is -2.33. The van der Waals surface area contributed by atoms with Gasteiger partial charge < -0.3 is 5.11 Å². The van der Waals surface area contributed by atoms with Gasteiger partial charge in [0.05, 0.1) is 5.75 Å². The molecule has 1 aliphatic carbocycles. The molecule has 0 saturated heterocycles. The molecule has 0 amide bonds. The highest BCUT2D eigenvalue weighted by Crippen LogP contribution is 2.42. The predicted octanol–water partition coefficient (Wildman–Crippen LogP) is 3.56. The largest absolute Gasteiger partial charge is 0.396 e. The molecule has 0 bridgehead atoms. The third-order valence-corrected chi connectivity index (χ3v) is 6.78. The Morgan fingerprint density at radius 1 is 1.10 bits per heavy atom. The molecule has 1 saturated carbocycles. The van der Waals surface area contributed by atoms with Crippen LogP contribution in [0.15, 0.2) is 0 Å². The van der Waals surface area contributed by atoms with Crippen LogP contribution in [0, 0.1) is 11.3 Å². The second-order valence-electron chi connectivity index (χ2n) is 6.65. The van der Waals surface area contributed by atoms with Crippen LogP contribution in [0.3, 0.4) is 0 Å². The smallest absolute Gasteiger partial charge is 0.150 e. The molecule has 1 N–H and O–H groups in total. The van der Waals surface area contributed by atoms with Gasteiger partial charge in [-0.3, -0.25) is 0 Å². The maximum absolute atomic E-state index is 11.9. The Bertz CT molecular complexity index is 354. The summed E-state index contributed by atoms with van der Waals surface area (Å²) in [6.45, 7) is 4.27. The van der Waals surface area contributed by atoms with E-state index in [0.29, 0.717) is 12.8 Å². The van der Waals surface area contributed by atoms with Gasteiger partial charge in [-0.05, 0) is 49.9 Å². The van der Waals surface area contributed by atoms with Crippen LogP contribution in [0.25, 0.3) is 0 Å². The topological polar surface area (TPSA) is 54.4 Å². The van der Waals surface area contributed by atoms with E-state index in [4.69, 9.17) is 0 Å². The van der Waals surface area contributed by atoms with Crippen molar-refractivity contribution in [3.05, 3.63) is 0 Å². The molecule has 0 radical (unpaired) electrons. The van der Waals surface area contributed by atoms with Gasteiger partial charge in [-0.15, -0.1) is 0 Å². The average molecular weight is 304 g/mol. The summed E-state index contributed by atoms with van der Waals surface area (Å²) in [5, 5.41) is 9.74. The van der Waals surface area contributed by atoms with E-state index in [0.717, 1.165) is 31.6 Å². The van der Waals surface area contributed by atoms with Gasteiger partial charge in [0.2, 0.25) is 0 Å². The molecule has 20 heavy (non-hydrogen) atoms. The summed E-state index contributed by atoms with van der Waals surface area (Å²) in [7, 11) is -2.92. The quantitative estimate of drug-likeness (QED) is 0.708. The second-order valence-corrected chi connectivity index (χ2v) is 8.95. The van der Waals surface area contributed by atoms with Crippen molar-refractivity contribution in [3.8, 4) is 0 Å². The number of aliphatic hydroxyl groups excluding tert-OH is 1. The van der Waals surface area contributed by atoms with E-state index in [1.54, 1.807) is 0 Å². The lowest BCUT2D eigenvalue weighted by Gasteiger charge is -2.39. The maximum Gasteiger partial charge on any atom is 0.150 e. The minimum atomic E-state index is -2.92. The summed E-state index contributed by atoms with van der Waals surface area (Å²) in [6.07, 6.45) is 9.49. The van der Waals surface area contributed by atoms with Crippen LogP contribution in [0.5, 0.6) is 0 Å². The Labute approximate surface area is 125 Å². The minimum absolute atomic E-state index is 0.122. The molecule has 1 fully saturated rings. The first-order valence-electron chi connectivity index (χ1n) is 8.28. The van der Waals surface area contributed by atoms with Crippen LogP contribution in [0.4, 0.5) is 0 Å². The molecular formula is C16H32O3S. The number of hydrogen-bond acceptors (Lipinski definition) is 3. The zero-order valence-electron chi connectivity index (χ0n) is 13.2. The van der Waals surface area contributed by atoms with E-state index < -0.39 is 9.84 Å². The molecule has 120 valence electrons. The third-order valence-electron chi connectivity index (χ3n) is 4.93. The van der Waals surface area contributed by atoms with Crippen molar-refractivity contribution >= 4 is 9.84 Å². The highest BCUT2D eigenvalue weighted by molar-refractivity contribution is 7.91. The molecule has 1 rings (SSSR count). The van der Waals surface area contributed by atoms with Crippen LogP contribution in [0.1, 0.15) is 71.6 Å². The number of rotatable bonds is 9. The summed E-state index contributed by atoms with van der Waals surface area (Å²) < 4.78 is 23.7. The number of unbranched alkanes of at least 4 members (excludes halogenated alkanes) is 1. The summed E-state index contributed by atoms with van der Waals surface area (Å²) in [4.78, 5) is 0. The van der Waals surface area contributed by atoms with Crippen LogP contribution < -0.4 is 0 Å². The minimum Gasteiger partial charge on any atom is -0.396 e. The van der Waals surface area contributed by atoms with Gasteiger partial charge in [0.15, 0.2) is 0 Å². The van der Waals surface area contributed by atoms with Crippen molar-refractivity contribution in [3.63, 3.8) is 0 Å². The first-order chi connectivity index (χ1) is 9.47. The second kappa shape index (κ2) is 8.38. The molecule has 0 atom stereocenters. The lowest BCUT2D eigenvalue weighted by atomic mass is 9.68. The molecule has 0 heterocycles. The van der Waals surface area contributed by atoms with E-state index in [1.165, 1.54) is 19.3 Å². The van der Waals surface area contributed by atoms with Gasteiger partial charge in [0, 0.05) is 12.4 Å². The summed E-state index contributed by atoms with van der Waals surface area (Å²) in [5.74, 6) is 1.33. The number of hydrogen-bond donors (Lipinski definition) is 1. The molecule has 0 aromatic heterocycles. The fraction of sp³-hybridized carbons (Fsp3) is 1.00. The molecule has 0 aliphatic heterocycles. The van der Waals surface area contributed by atoms with Crippen LogP contribution in [-0.4, -0.2) is 31.6 Å². The molecule has 0 unspecified atom stereocenters. The van der Waals surface area contributed by atoms with Gasteiger partial charge in [0.25, 0.3) is 0 Å². The number of sulfone groups is 1. The normalized spacial score (nSPS) is 27.6. The van der Waals surface area contributed by atoms with E-state index >= 15 is 0 Å². The van der Waals surface area contributed by atoms with E-state index in [9.17, 15) is 13.5 Å². The van der Waals surface area contributed by atoms with Crippen molar-refractivity contribution < 1.29 is 13.5 Å². The summed E-state index contributed by atoms with van der Waals surface area (Å²) in [6, 6.07) is 0. The molecule has 3 nitrogen and oxygen atoms in total. The fourth-order valence-electron chi connectivity index (χ4n) is 3.34. The van der Waals surface area contributed by atoms with E-state index in [2.05, 4.69) is 6.92 Å². The van der Waals surface area contributed by atoms with Crippen LogP contribution >= 0.6 is 0 Å². The molecule has 0 aromatic carbocycles. The Morgan fingerprint density at radius 3 is 2.25 bits per heavy atom. The highest BCUT2D eigenvalue weighted by Gasteiger charge is 2.35. The standard InChI is InChI=1S/C16H32O3S/c1-3-5-6-15-7-9-16(14-17,10-8-15)11-13-20(18,19)12-4-2/h15,17H,3-14H2,1-2H3. The lowest BCUT2D eigenvalue weighted by molar-refractivity contribution is 0.0591. The monoisotopic (exact) mass is 304 g/mol.